The average Bonchev–Trinajstić information content (AvgIpc) is 2.05. The topological polar surface area (TPSA) is 12.0 Å². The fourth-order valence-electron chi connectivity index (χ4n) is 1.25. The van der Waals surface area contributed by atoms with E-state index in [9.17, 15) is 0 Å². The van der Waals surface area contributed by atoms with Crippen molar-refractivity contribution >= 4 is 0 Å². The largest absolute Gasteiger partial charge is 0.317 e. The van der Waals surface area contributed by atoms with E-state index >= 15 is 0 Å². The monoisotopic (exact) mass is 156 g/mol. The Balaban J connectivity index is 3.07. The van der Waals surface area contributed by atoms with Gasteiger partial charge in [-0.3, -0.25) is 0 Å². The van der Waals surface area contributed by atoms with Gasteiger partial charge in [0.25, 0.3) is 0 Å². The van der Waals surface area contributed by atoms with Crippen molar-refractivity contribution in [3.8, 4) is 0 Å². The van der Waals surface area contributed by atoms with E-state index in [0.717, 1.165) is 6.42 Å². The normalized spacial score (nSPS) is 13.4. The molecule has 1 nitrogen and oxygen atoms in total. The van der Waals surface area contributed by atoms with Crippen molar-refractivity contribution in [1.82, 2.24) is 5.32 Å². The summed E-state index contributed by atoms with van der Waals surface area (Å²) in [6, 6.07) is 0.645. The summed E-state index contributed by atoms with van der Waals surface area (Å²) in [6.07, 6.45) is 7.76. The van der Waals surface area contributed by atoms with E-state index in [-0.39, 0.29) is 0 Å². The van der Waals surface area contributed by atoms with Crippen LogP contribution >= 0.6 is 0 Å². The minimum atomic E-state index is 0.645. The number of hydrogen-bond donors (Lipinski definition) is 1. The summed E-state index contributed by atoms with van der Waals surface area (Å²) in [6.45, 7) is 6.14. The van der Waals surface area contributed by atoms with Gasteiger partial charge >= 0.3 is 0 Å². The van der Waals surface area contributed by atoms with Crippen molar-refractivity contribution in [3.63, 3.8) is 0 Å². The van der Waals surface area contributed by atoms with Crippen molar-refractivity contribution in [3.05, 3.63) is 6.92 Å². The lowest BCUT2D eigenvalue weighted by Gasteiger charge is -2.12. The molecule has 0 aromatic rings. The molecular weight excluding hydrogens is 134 g/mol. The fraction of sp³-hybridized carbons (Fsp3) is 0.900. The molecule has 0 amide bonds. The summed E-state index contributed by atoms with van der Waals surface area (Å²) < 4.78 is 0. The molecule has 0 aromatic carbocycles. The Labute approximate surface area is 71.6 Å². The van der Waals surface area contributed by atoms with Crippen LogP contribution in [0.4, 0.5) is 0 Å². The Morgan fingerprint density at radius 3 is 2.45 bits per heavy atom. The van der Waals surface area contributed by atoms with Gasteiger partial charge in [0.15, 0.2) is 0 Å². The molecule has 0 aliphatic carbocycles. The quantitative estimate of drug-likeness (QED) is 0.559. The molecule has 1 atom stereocenters. The second-order valence-corrected chi connectivity index (χ2v) is 3.12. The molecule has 1 radical (unpaired) electrons. The smallest absolute Gasteiger partial charge is 0.00640 e. The van der Waals surface area contributed by atoms with Gasteiger partial charge in [0.05, 0.1) is 0 Å². The van der Waals surface area contributed by atoms with E-state index in [1.54, 1.807) is 0 Å². The predicted molar refractivity (Wildman–Crippen MR) is 51.6 cm³/mol. The maximum Gasteiger partial charge on any atom is 0.00640 e. The highest BCUT2D eigenvalue weighted by atomic mass is 14.9. The van der Waals surface area contributed by atoms with Crippen LogP contribution in [0.2, 0.25) is 0 Å². The van der Waals surface area contributed by atoms with Crippen LogP contribution in [-0.2, 0) is 0 Å². The summed E-state index contributed by atoms with van der Waals surface area (Å²) in [7, 11) is 2.02. The number of nitrogens with one attached hydrogen (secondary N) is 1. The van der Waals surface area contributed by atoms with Crippen LogP contribution in [0.1, 0.15) is 45.4 Å². The maximum atomic E-state index is 3.89. The Hall–Kier alpha value is -0.0400. The molecule has 11 heavy (non-hydrogen) atoms. The molecule has 1 heteroatoms. The van der Waals surface area contributed by atoms with Gasteiger partial charge in [0, 0.05) is 6.04 Å². The first-order valence-corrected chi connectivity index (χ1v) is 4.81. The summed E-state index contributed by atoms with van der Waals surface area (Å²) in [5.41, 5.74) is 0. The van der Waals surface area contributed by atoms with Crippen molar-refractivity contribution in [2.24, 2.45) is 0 Å². The average molecular weight is 156 g/mol. The van der Waals surface area contributed by atoms with E-state index in [2.05, 4.69) is 19.2 Å². The van der Waals surface area contributed by atoms with E-state index in [1.807, 2.05) is 7.05 Å². The van der Waals surface area contributed by atoms with Gasteiger partial charge in [-0.2, -0.15) is 0 Å². The van der Waals surface area contributed by atoms with E-state index < -0.39 is 0 Å². The Morgan fingerprint density at radius 2 is 2.00 bits per heavy atom. The lowest BCUT2D eigenvalue weighted by atomic mass is 10.1. The van der Waals surface area contributed by atoms with Crippen LogP contribution in [0.3, 0.4) is 0 Å². The Bertz CT molecular complexity index is 67.3. The fourth-order valence-corrected chi connectivity index (χ4v) is 1.25. The van der Waals surface area contributed by atoms with Gasteiger partial charge in [-0.1, -0.05) is 39.5 Å². The number of hydrogen-bond acceptors (Lipinski definition) is 1. The van der Waals surface area contributed by atoms with E-state index in [4.69, 9.17) is 0 Å². The lowest BCUT2D eigenvalue weighted by molar-refractivity contribution is 0.490. The molecule has 1 N–H and O–H groups in total. The highest BCUT2D eigenvalue weighted by Gasteiger charge is 2.00. The molecule has 0 saturated carbocycles. The highest BCUT2D eigenvalue weighted by Crippen LogP contribution is 2.06. The zero-order chi connectivity index (χ0) is 8.53. The first kappa shape index (κ1) is 11.0. The summed E-state index contributed by atoms with van der Waals surface area (Å²) in [4.78, 5) is 0. The van der Waals surface area contributed by atoms with Gasteiger partial charge in [0.1, 0.15) is 0 Å². The molecular formula is C10H22N. The lowest BCUT2D eigenvalue weighted by Crippen LogP contribution is -2.23. The van der Waals surface area contributed by atoms with Crippen LogP contribution in [0, 0.1) is 6.92 Å². The molecule has 0 heterocycles. The van der Waals surface area contributed by atoms with E-state index in [1.165, 1.54) is 32.1 Å². The van der Waals surface area contributed by atoms with Gasteiger partial charge in [0.2, 0.25) is 0 Å². The van der Waals surface area contributed by atoms with Gasteiger partial charge < -0.3 is 5.32 Å². The molecule has 67 valence electrons. The number of rotatable bonds is 7. The molecule has 0 rings (SSSR count). The minimum Gasteiger partial charge on any atom is -0.317 e. The van der Waals surface area contributed by atoms with Crippen LogP contribution in [-0.4, -0.2) is 13.1 Å². The van der Waals surface area contributed by atoms with Crippen molar-refractivity contribution < 1.29 is 0 Å². The summed E-state index contributed by atoms with van der Waals surface area (Å²) >= 11 is 0. The third-order valence-corrected chi connectivity index (χ3v) is 2.16. The van der Waals surface area contributed by atoms with Crippen LogP contribution in [0.5, 0.6) is 0 Å². The minimum absolute atomic E-state index is 0.645. The van der Waals surface area contributed by atoms with Gasteiger partial charge in [-0.05, 0) is 19.9 Å². The second-order valence-electron chi connectivity index (χ2n) is 3.12. The van der Waals surface area contributed by atoms with Crippen molar-refractivity contribution in [2.75, 3.05) is 7.05 Å². The highest BCUT2D eigenvalue weighted by molar-refractivity contribution is 4.64. The molecule has 1 unspecified atom stereocenters. The van der Waals surface area contributed by atoms with Crippen LogP contribution in [0.15, 0.2) is 0 Å². The zero-order valence-electron chi connectivity index (χ0n) is 8.03. The van der Waals surface area contributed by atoms with Crippen LogP contribution < -0.4 is 5.32 Å². The second kappa shape index (κ2) is 8.06. The molecule has 0 spiro atoms. The molecule has 0 saturated heterocycles. The van der Waals surface area contributed by atoms with Gasteiger partial charge in [-0.15, -0.1) is 0 Å². The third kappa shape index (κ3) is 6.36. The summed E-state index contributed by atoms with van der Waals surface area (Å²) in [5, 5.41) is 3.27. The first-order chi connectivity index (χ1) is 5.35. The molecule has 0 fully saturated rings. The molecule has 0 aromatic heterocycles. The van der Waals surface area contributed by atoms with Gasteiger partial charge in [-0.25, -0.2) is 0 Å². The summed E-state index contributed by atoms with van der Waals surface area (Å²) in [5.74, 6) is 0. The molecule has 0 aliphatic heterocycles. The van der Waals surface area contributed by atoms with E-state index in [0.29, 0.717) is 6.04 Å². The standard InChI is InChI=1S/C10H22N/c1-4-6-7-8-9-10(5-2)11-3/h10-11H,2,4-9H2,1,3H3. The zero-order valence-corrected chi connectivity index (χ0v) is 8.03. The molecule has 0 bridgehead atoms. The Morgan fingerprint density at radius 1 is 1.27 bits per heavy atom. The third-order valence-electron chi connectivity index (χ3n) is 2.16. The van der Waals surface area contributed by atoms with Crippen LogP contribution in [0.25, 0.3) is 0 Å². The SMILES string of the molecule is [CH2]CC(CCCCCC)NC. The Kier molecular flexibility index (Phi) is 8.03. The maximum absolute atomic E-state index is 3.89. The first-order valence-electron chi connectivity index (χ1n) is 4.81. The van der Waals surface area contributed by atoms with Crippen molar-refractivity contribution in [1.29, 1.82) is 0 Å². The number of unbranched alkanes of at least 4 members (excludes halogenated alkanes) is 3. The molecule has 0 aliphatic rings. The predicted octanol–water partition coefficient (Wildman–Crippen LogP) is 2.77. The van der Waals surface area contributed by atoms with Crippen molar-refractivity contribution in [2.45, 2.75) is 51.5 Å².